The number of Topliss-reactive ketones (excluding diaryl/α,β-unsaturated/α-hetero) is 2. The topological polar surface area (TPSA) is 121 Å². The molecule has 7 nitrogen and oxygen atoms in total. The van der Waals surface area contributed by atoms with E-state index in [4.69, 9.17) is 5.11 Å². The Balaban J connectivity index is 3.82. The fourth-order valence-electron chi connectivity index (χ4n) is 2.88. The molecule has 0 radical (unpaired) electrons. The van der Waals surface area contributed by atoms with Crippen molar-refractivity contribution in [1.82, 2.24) is 5.32 Å². The lowest BCUT2D eigenvalue weighted by Gasteiger charge is -2.13. The highest BCUT2D eigenvalue weighted by Gasteiger charge is 2.22. The Labute approximate surface area is 187 Å². The molecule has 30 heavy (non-hydrogen) atoms. The quantitative estimate of drug-likeness (QED) is 0.170. The Morgan fingerprint density at radius 1 is 0.767 bits per heavy atom. The van der Waals surface area contributed by atoms with Crippen molar-refractivity contribution in [2.75, 3.05) is 18.6 Å². The van der Waals surface area contributed by atoms with E-state index >= 15 is 0 Å². The molecule has 0 amide bonds. The van der Waals surface area contributed by atoms with Gasteiger partial charge in [0.15, 0.2) is 0 Å². The van der Waals surface area contributed by atoms with Gasteiger partial charge >= 0.3 is 11.9 Å². The molecule has 0 spiro atoms. The van der Waals surface area contributed by atoms with Crippen molar-refractivity contribution < 1.29 is 29.4 Å². The van der Waals surface area contributed by atoms with Crippen LogP contribution in [0, 0.1) is 5.92 Å². The predicted molar refractivity (Wildman–Crippen MR) is 123 cm³/mol. The van der Waals surface area contributed by atoms with Crippen LogP contribution in [0.2, 0.25) is 0 Å². The van der Waals surface area contributed by atoms with E-state index in [1.54, 1.807) is 14.0 Å². The van der Waals surface area contributed by atoms with Crippen molar-refractivity contribution in [3.8, 4) is 0 Å². The number of unbranched alkanes of at least 4 members (excludes halogenated alkanes) is 7. The number of carbonyl (C=O) groups is 4. The Morgan fingerprint density at radius 2 is 1.27 bits per heavy atom. The van der Waals surface area contributed by atoms with Crippen LogP contribution in [-0.2, 0) is 19.2 Å². The molecule has 174 valence electrons. The van der Waals surface area contributed by atoms with Crippen molar-refractivity contribution in [2.45, 2.75) is 83.6 Å². The van der Waals surface area contributed by atoms with Crippen LogP contribution in [0.4, 0.5) is 0 Å². The maximum Gasteiger partial charge on any atom is 0.321 e. The fourth-order valence-corrected chi connectivity index (χ4v) is 5.42. The minimum Gasteiger partial charge on any atom is -0.481 e. The maximum atomic E-state index is 12.1. The molecule has 9 heteroatoms. The van der Waals surface area contributed by atoms with Crippen LogP contribution >= 0.6 is 21.6 Å². The van der Waals surface area contributed by atoms with Crippen LogP contribution < -0.4 is 5.32 Å². The summed E-state index contributed by atoms with van der Waals surface area (Å²) in [7, 11) is 4.17. The lowest BCUT2D eigenvalue weighted by molar-refractivity contribution is -0.143. The first-order valence-electron chi connectivity index (χ1n) is 10.7. The zero-order valence-corrected chi connectivity index (χ0v) is 19.8. The van der Waals surface area contributed by atoms with Crippen molar-refractivity contribution >= 4 is 45.1 Å². The van der Waals surface area contributed by atoms with Gasteiger partial charge in [0, 0.05) is 30.8 Å². The molecule has 0 saturated carbocycles. The number of carbonyl (C=O) groups excluding carboxylic acids is 2. The van der Waals surface area contributed by atoms with Gasteiger partial charge in [-0.1, -0.05) is 60.1 Å². The molecule has 0 saturated heterocycles. The van der Waals surface area contributed by atoms with Gasteiger partial charge in [-0.25, -0.2) is 0 Å². The van der Waals surface area contributed by atoms with Crippen molar-refractivity contribution in [3.05, 3.63) is 0 Å². The molecule has 0 fully saturated rings. The average molecular weight is 464 g/mol. The summed E-state index contributed by atoms with van der Waals surface area (Å²) in [5, 5.41) is 21.0. The number of likely N-dealkylation sites (N-methyl/N-ethyl adjacent to an activating group) is 1. The second kappa shape index (κ2) is 18.7. The highest BCUT2D eigenvalue weighted by molar-refractivity contribution is 8.76. The van der Waals surface area contributed by atoms with Gasteiger partial charge in [-0.3, -0.25) is 14.4 Å². The first-order valence-corrected chi connectivity index (χ1v) is 13.1. The molecule has 2 atom stereocenters. The predicted octanol–water partition coefficient (Wildman–Crippen LogP) is 4.19. The summed E-state index contributed by atoms with van der Waals surface area (Å²) in [6, 6.07) is -0.673. The molecule has 0 aromatic carbocycles. The molecule has 0 bridgehead atoms. The third-order valence-electron chi connectivity index (χ3n) is 4.79. The second-order valence-electron chi connectivity index (χ2n) is 7.56. The molecular weight excluding hydrogens is 426 g/mol. The molecule has 0 rings (SSSR count). The van der Waals surface area contributed by atoms with Crippen molar-refractivity contribution in [2.24, 2.45) is 5.92 Å². The lowest BCUT2D eigenvalue weighted by Crippen LogP contribution is -2.35. The van der Waals surface area contributed by atoms with Gasteiger partial charge in [-0.05, 0) is 26.8 Å². The SMILES string of the molecule is CNC(CSSCC(CC(=O)CCCCCCCCCCC(C)=O)C(=O)O)C(=O)O. The van der Waals surface area contributed by atoms with Crippen molar-refractivity contribution in [3.63, 3.8) is 0 Å². The summed E-state index contributed by atoms with van der Waals surface area (Å²) in [4.78, 5) is 45.3. The van der Waals surface area contributed by atoms with Crippen LogP contribution in [0.25, 0.3) is 0 Å². The molecular formula is C21H37NO6S2. The largest absolute Gasteiger partial charge is 0.481 e. The molecule has 0 aliphatic heterocycles. The minimum absolute atomic E-state index is 0.0177. The number of nitrogens with one attached hydrogen (secondary N) is 1. The number of hydrogen-bond donors (Lipinski definition) is 3. The van der Waals surface area contributed by atoms with Gasteiger partial charge in [0.25, 0.3) is 0 Å². The Bertz CT molecular complexity index is 530. The normalized spacial score (nSPS) is 13.0. The van der Waals surface area contributed by atoms with Gasteiger partial charge in [-0.15, -0.1) is 0 Å². The molecule has 0 aromatic rings. The van der Waals surface area contributed by atoms with E-state index in [9.17, 15) is 24.3 Å². The monoisotopic (exact) mass is 463 g/mol. The summed E-state index contributed by atoms with van der Waals surface area (Å²) in [5.41, 5.74) is 0. The third-order valence-corrected chi connectivity index (χ3v) is 7.28. The molecule has 0 aromatic heterocycles. The fraction of sp³-hybridized carbons (Fsp3) is 0.810. The smallest absolute Gasteiger partial charge is 0.321 e. The summed E-state index contributed by atoms with van der Waals surface area (Å²) >= 11 is 0. The Kier molecular flexibility index (Phi) is 18.0. The molecule has 0 aliphatic rings. The first-order chi connectivity index (χ1) is 14.3. The minimum atomic E-state index is -0.982. The van der Waals surface area contributed by atoms with E-state index in [0.717, 1.165) is 51.4 Å². The zero-order valence-electron chi connectivity index (χ0n) is 18.2. The number of rotatable bonds is 21. The molecule has 0 aliphatic carbocycles. The summed E-state index contributed by atoms with van der Waals surface area (Å²) in [6.45, 7) is 1.62. The van der Waals surface area contributed by atoms with Crippen LogP contribution in [0.15, 0.2) is 0 Å². The Morgan fingerprint density at radius 3 is 1.73 bits per heavy atom. The zero-order chi connectivity index (χ0) is 22.8. The third kappa shape index (κ3) is 16.7. The standard InChI is InChI=1S/C21H37NO6S2/c1-16(23)11-9-7-5-3-4-6-8-10-12-18(24)13-17(20(25)26)14-29-30-15-19(22-2)21(27)28/h17,19,22H,3-15H2,1-2H3,(H,25,26)(H,27,28). The van der Waals surface area contributed by atoms with E-state index in [-0.39, 0.29) is 23.7 Å². The number of carboxylic acids is 2. The van der Waals surface area contributed by atoms with E-state index < -0.39 is 23.9 Å². The van der Waals surface area contributed by atoms with Crippen LogP contribution in [-0.4, -0.2) is 58.3 Å². The average Bonchev–Trinajstić information content (AvgIpc) is 2.67. The second-order valence-corrected chi connectivity index (χ2v) is 10.1. The first kappa shape index (κ1) is 28.9. The molecule has 3 N–H and O–H groups in total. The number of carboxylic acid groups (broad SMARTS) is 2. The highest BCUT2D eigenvalue weighted by atomic mass is 33.1. The van der Waals surface area contributed by atoms with Gasteiger partial charge in [-0.2, -0.15) is 0 Å². The highest BCUT2D eigenvalue weighted by Crippen LogP contribution is 2.26. The van der Waals surface area contributed by atoms with Gasteiger partial charge in [0.1, 0.15) is 17.6 Å². The van der Waals surface area contributed by atoms with Crippen LogP contribution in [0.3, 0.4) is 0 Å². The summed E-state index contributed by atoms with van der Waals surface area (Å²) in [5.74, 6) is -1.81. The van der Waals surface area contributed by atoms with Gasteiger partial charge in [0.2, 0.25) is 0 Å². The molecule has 0 heterocycles. The van der Waals surface area contributed by atoms with E-state index in [0.29, 0.717) is 18.6 Å². The Hall–Kier alpha value is -1.06. The van der Waals surface area contributed by atoms with E-state index in [1.807, 2.05) is 0 Å². The summed E-state index contributed by atoms with van der Waals surface area (Å²) in [6.07, 6.45) is 9.46. The van der Waals surface area contributed by atoms with Crippen molar-refractivity contribution in [1.29, 1.82) is 0 Å². The van der Waals surface area contributed by atoms with Crippen LogP contribution in [0.5, 0.6) is 0 Å². The number of ketones is 2. The van der Waals surface area contributed by atoms with E-state index in [1.165, 1.54) is 21.6 Å². The maximum absolute atomic E-state index is 12.1. The lowest BCUT2D eigenvalue weighted by atomic mass is 10.00. The van der Waals surface area contributed by atoms with Gasteiger partial charge < -0.3 is 20.3 Å². The summed E-state index contributed by atoms with van der Waals surface area (Å²) < 4.78 is 0. The van der Waals surface area contributed by atoms with Gasteiger partial charge in [0.05, 0.1) is 5.92 Å². The molecule has 2 unspecified atom stereocenters. The van der Waals surface area contributed by atoms with Crippen LogP contribution in [0.1, 0.15) is 77.6 Å². The number of hydrogen-bond acceptors (Lipinski definition) is 7. The van der Waals surface area contributed by atoms with E-state index in [2.05, 4.69) is 5.32 Å². The number of aliphatic carboxylic acids is 2.